The maximum Gasteiger partial charge on any atom is 0.322 e. The summed E-state index contributed by atoms with van der Waals surface area (Å²) in [4.78, 5) is 58.3. The van der Waals surface area contributed by atoms with E-state index in [1.165, 1.54) is 17.2 Å². The van der Waals surface area contributed by atoms with Crippen molar-refractivity contribution in [3.8, 4) is 0 Å². The highest BCUT2D eigenvalue weighted by Crippen LogP contribution is 2.21. The predicted molar refractivity (Wildman–Crippen MR) is 145 cm³/mol. The Hall–Kier alpha value is -4.21. The monoisotopic (exact) mass is 513 g/mol. The highest BCUT2D eigenvalue weighted by Gasteiger charge is 2.41. The molecule has 0 spiro atoms. The van der Waals surface area contributed by atoms with Crippen LogP contribution in [-0.4, -0.2) is 45.0 Å². The fourth-order valence-electron chi connectivity index (χ4n) is 4.43. The summed E-state index contributed by atoms with van der Waals surface area (Å²) in [6, 6.07) is 14.7. The number of aromatic nitrogens is 1. The second-order valence-electron chi connectivity index (χ2n) is 9.92. The van der Waals surface area contributed by atoms with Gasteiger partial charge in [-0.15, -0.1) is 0 Å². The molecule has 196 valence electrons. The van der Waals surface area contributed by atoms with Gasteiger partial charge >= 0.3 is 6.03 Å². The van der Waals surface area contributed by atoms with Crippen molar-refractivity contribution in [3.63, 3.8) is 0 Å². The number of ketones is 3. The second-order valence-corrected chi connectivity index (χ2v) is 9.92. The zero-order valence-corrected chi connectivity index (χ0v) is 21.4. The molecule has 1 aromatic heterocycles. The van der Waals surface area contributed by atoms with E-state index in [4.69, 9.17) is 11.5 Å². The predicted octanol–water partition coefficient (Wildman–Crippen LogP) is 3.17. The third kappa shape index (κ3) is 5.69. The number of nitrogens with two attached hydrogens (primary N) is 2. The Morgan fingerprint density at radius 3 is 2.53 bits per heavy atom. The largest absolute Gasteiger partial charge is 0.328 e. The number of carbonyl (C=O) groups excluding carboxylic acids is 4. The minimum absolute atomic E-state index is 0.0425. The van der Waals surface area contributed by atoms with E-state index in [2.05, 4.69) is 10.3 Å². The van der Waals surface area contributed by atoms with E-state index in [0.717, 1.165) is 11.1 Å². The van der Waals surface area contributed by atoms with Crippen LogP contribution in [0.25, 0.3) is 17.0 Å². The minimum atomic E-state index is -2.44. The van der Waals surface area contributed by atoms with Crippen molar-refractivity contribution in [2.24, 2.45) is 17.4 Å². The highest BCUT2D eigenvalue weighted by molar-refractivity contribution is 6.24. The van der Waals surface area contributed by atoms with Crippen molar-refractivity contribution in [2.75, 3.05) is 0 Å². The SMILES string of the molecule is CC(C)C[C@H](NC(=O)N1C=Cc2ccccc2C1)C(=O)CC(=O)C(N)(N)C(=O)c1cccc2cccnc12. The summed E-state index contributed by atoms with van der Waals surface area (Å²) >= 11 is 0. The maximum atomic E-state index is 13.2. The van der Waals surface area contributed by atoms with E-state index >= 15 is 0 Å². The average Bonchev–Trinajstić information content (AvgIpc) is 2.91. The topological polar surface area (TPSA) is 148 Å². The van der Waals surface area contributed by atoms with E-state index in [0.29, 0.717) is 23.9 Å². The summed E-state index contributed by atoms with van der Waals surface area (Å²) < 4.78 is 0. The molecule has 4 rings (SSSR count). The lowest BCUT2D eigenvalue weighted by Gasteiger charge is -2.28. The minimum Gasteiger partial charge on any atom is -0.328 e. The molecule has 9 heteroatoms. The first-order chi connectivity index (χ1) is 18.1. The van der Waals surface area contributed by atoms with Crippen molar-refractivity contribution in [1.82, 2.24) is 15.2 Å². The van der Waals surface area contributed by atoms with Crippen LogP contribution in [0.4, 0.5) is 4.79 Å². The molecule has 0 radical (unpaired) electrons. The molecule has 0 bridgehead atoms. The van der Waals surface area contributed by atoms with Crippen LogP contribution in [0.5, 0.6) is 0 Å². The van der Waals surface area contributed by atoms with E-state index < -0.39 is 41.5 Å². The lowest BCUT2D eigenvalue weighted by molar-refractivity contribution is -0.130. The van der Waals surface area contributed by atoms with Gasteiger partial charge in [0.15, 0.2) is 17.2 Å². The molecule has 0 aliphatic carbocycles. The van der Waals surface area contributed by atoms with Gasteiger partial charge in [-0.2, -0.15) is 0 Å². The number of rotatable bonds is 9. The molecule has 0 unspecified atom stereocenters. The lowest BCUT2D eigenvalue weighted by Crippen LogP contribution is -2.63. The van der Waals surface area contributed by atoms with Crippen LogP contribution in [0.3, 0.4) is 0 Å². The Labute approximate surface area is 220 Å². The van der Waals surface area contributed by atoms with Gasteiger partial charge in [-0.25, -0.2) is 4.79 Å². The number of benzene rings is 2. The molecule has 38 heavy (non-hydrogen) atoms. The lowest BCUT2D eigenvalue weighted by atomic mass is 9.89. The van der Waals surface area contributed by atoms with Gasteiger partial charge < -0.3 is 16.8 Å². The quantitative estimate of drug-likeness (QED) is 0.226. The molecule has 1 aliphatic heterocycles. The first kappa shape index (κ1) is 26.8. The molecular weight excluding hydrogens is 482 g/mol. The fourth-order valence-corrected chi connectivity index (χ4v) is 4.43. The molecule has 5 N–H and O–H groups in total. The molecule has 1 aliphatic rings. The number of urea groups is 1. The van der Waals surface area contributed by atoms with E-state index in [-0.39, 0.29) is 11.5 Å². The Kier molecular flexibility index (Phi) is 7.80. The normalized spacial score (nSPS) is 13.8. The molecule has 0 saturated carbocycles. The number of hydrogen-bond donors (Lipinski definition) is 3. The Bertz CT molecular complexity index is 1420. The Morgan fingerprint density at radius 2 is 1.76 bits per heavy atom. The first-order valence-electron chi connectivity index (χ1n) is 12.4. The van der Waals surface area contributed by atoms with Crippen LogP contribution in [0.15, 0.2) is 67.0 Å². The molecule has 2 heterocycles. The van der Waals surface area contributed by atoms with E-state index in [1.807, 2.05) is 44.2 Å². The average molecular weight is 514 g/mol. The zero-order valence-electron chi connectivity index (χ0n) is 21.4. The summed E-state index contributed by atoms with van der Waals surface area (Å²) in [5.41, 5.74) is 12.1. The van der Waals surface area contributed by atoms with Gasteiger partial charge in [0.2, 0.25) is 5.78 Å². The van der Waals surface area contributed by atoms with Crippen molar-refractivity contribution >= 4 is 40.4 Å². The number of Topliss-reactive ketones (excluding diaryl/α,β-unsaturated/α-hetero) is 3. The molecule has 9 nitrogen and oxygen atoms in total. The summed E-state index contributed by atoms with van der Waals surface area (Å²) in [7, 11) is 0. The van der Waals surface area contributed by atoms with E-state index in [1.54, 1.807) is 30.5 Å². The van der Waals surface area contributed by atoms with Gasteiger partial charge in [0, 0.05) is 23.3 Å². The summed E-state index contributed by atoms with van der Waals surface area (Å²) in [5.74, 6) is -2.29. The number of fused-ring (bicyclic) bond motifs is 2. The molecular formula is C29H31N5O4. The molecule has 0 fully saturated rings. The van der Waals surface area contributed by atoms with Crippen LogP contribution in [0.1, 0.15) is 48.2 Å². The van der Waals surface area contributed by atoms with Gasteiger partial charge in [-0.1, -0.05) is 56.3 Å². The molecule has 0 saturated heterocycles. The maximum absolute atomic E-state index is 13.2. The number of para-hydroxylation sites is 1. The molecule has 3 aromatic rings. The standard InChI is InChI=1S/C29H31N5O4/c1-18(2)15-23(33-28(38)34-14-12-19-7-3-4-8-21(19)17-34)24(35)16-25(36)29(30,31)27(37)22-11-5-9-20-10-6-13-32-26(20)22/h3-14,18,23H,15-17,30-31H2,1-2H3,(H,33,38)/t23-/m0/s1. The van der Waals surface area contributed by atoms with Gasteiger partial charge in [0.1, 0.15) is 0 Å². The van der Waals surface area contributed by atoms with Crippen LogP contribution in [-0.2, 0) is 16.1 Å². The number of nitrogens with one attached hydrogen (secondary N) is 1. The van der Waals surface area contributed by atoms with Crippen LogP contribution < -0.4 is 16.8 Å². The van der Waals surface area contributed by atoms with Gasteiger partial charge in [-0.05, 0) is 41.7 Å². The Balaban J connectivity index is 1.47. The zero-order chi connectivity index (χ0) is 27.4. The number of nitrogens with zero attached hydrogens (tertiary/aromatic N) is 2. The number of amides is 2. The summed E-state index contributed by atoms with van der Waals surface area (Å²) in [6.45, 7) is 4.15. The first-order valence-corrected chi connectivity index (χ1v) is 12.4. The smallest absolute Gasteiger partial charge is 0.322 e. The van der Waals surface area contributed by atoms with Crippen molar-refractivity contribution < 1.29 is 19.2 Å². The fraction of sp³-hybridized carbons (Fsp3) is 0.276. The molecule has 1 atom stereocenters. The summed E-state index contributed by atoms with van der Waals surface area (Å²) in [5, 5.41) is 3.43. The van der Waals surface area contributed by atoms with Crippen LogP contribution in [0.2, 0.25) is 0 Å². The van der Waals surface area contributed by atoms with Crippen molar-refractivity contribution in [1.29, 1.82) is 0 Å². The number of hydrogen-bond acceptors (Lipinski definition) is 7. The second kappa shape index (κ2) is 11.0. The third-order valence-corrected chi connectivity index (χ3v) is 6.53. The molecule has 2 amide bonds. The van der Waals surface area contributed by atoms with Crippen LogP contribution in [0, 0.1) is 5.92 Å². The van der Waals surface area contributed by atoms with Crippen molar-refractivity contribution in [3.05, 3.63) is 83.7 Å². The van der Waals surface area contributed by atoms with Crippen LogP contribution >= 0.6 is 0 Å². The number of carbonyl (C=O) groups is 4. The summed E-state index contributed by atoms with van der Waals surface area (Å²) in [6.07, 6.45) is 4.60. The number of pyridine rings is 1. The van der Waals surface area contributed by atoms with Gasteiger partial charge in [0.05, 0.1) is 24.5 Å². The van der Waals surface area contributed by atoms with Crippen molar-refractivity contribution in [2.45, 2.75) is 44.9 Å². The van der Waals surface area contributed by atoms with E-state index in [9.17, 15) is 19.2 Å². The highest BCUT2D eigenvalue weighted by atomic mass is 16.2. The Morgan fingerprint density at radius 1 is 1.03 bits per heavy atom. The van der Waals surface area contributed by atoms with Gasteiger partial charge in [-0.3, -0.25) is 24.3 Å². The molecule has 2 aromatic carbocycles. The van der Waals surface area contributed by atoms with Gasteiger partial charge in [0.25, 0.3) is 0 Å². The third-order valence-electron chi connectivity index (χ3n) is 6.53.